The van der Waals surface area contributed by atoms with Gasteiger partial charge < -0.3 is 0 Å². The van der Waals surface area contributed by atoms with Crippen LogP contribution in [0.25, 0.3) is 0 Å². The van der Waals surface area contributed by atoms with Crippen molar-refractivity contribution in [3.63, 3.8) is 0 Å². The monoisotopic (exact) mass is 134 g/mol. The van der Waals surface area contributed by atoms with Gasteiger partial charge in [0.25, 0.3) is 5.78 Å². The van der Waals surface area contributed by atoms with Gasteiger partial charge in [0.05, 0.1) is 5.88 Å². The van der Waals surface area contributed by atoms with Crippen molar-refractivity contribution < 1.29 is 14.4 Å². The van der Waals surface area contributed by atoms with Crippen LogP contribution in [-0.4, -0.2) is 23.7 Å². The van der Waals surface area contributed by atoms with Gasteiger partial charge in [0.1, 0.15) is 0 Å². The minimum atomic E-state index is -1.07. The van der Waals surface area contributed by atoms with Gasteiger partial charge in [-0.2, -0.15) is 0 Å². The normalized spacial score (nSPS) is 8.12. The summed E-state index contributed by atoms with van der Waals surface area (Å²) in [5, 5.41) is 0. The molecule has 0 aromatic heterocycles. The van der Waals surface area contributed by atoms with E-state index in [1.54, 1.807) is 0 Å². The molecule has 0 aliphatic heterocycles. The zero-order valence-electron chi connectivity index (χ0n) is 3.89. The van der Waals surface area contributed by atoms with E-state index in [-0.39, 0.29) is 6.29 Å². The average molecular weight is 135 g/mol. The summed E-state index contributed by atoms with van der Waals surface area (Å²) >= 11 is 4.90. The Bertz CT molecular complexity index is 129. The van der Waals surface area contributed by atoms with E-state index < -0.39 is 17.4 Å². The molecule has 0 radical (unpaired) electrons. The van der Waals surface area contributed by atoms with Gasteiger partial charge in [0.2, 0.25) is 5.78 Å². The van der Waals surface area contributed by atoms with Gasteiger partial charge in [-0.1, -0.05) is 0 Å². The third-order valence-electron chi connectivity index (χ3n) is 0.503. The van der Waals surface area contributed by atoms with Crippen LogP contribution in [0.15, 0.2) is 0 Å². The maximum atomic E-state index is 10.0. The van der Waals surface area contributed by atoms with E-state index in [9.17, 15) is 14.4 Å². The number of hydrogen-bond acceptors (Lipinski definition) is 3. The molecule has 0 saturated heterocycles. The van der Waals surface area contributed by atoms with Crippen molar-refractivity contribution in [2.45, 2.75) is 0 Å². The minimum Gasteiger partial charge on any atom is -0.294 e. The maximum Gasteiger partial charge on any atom is 0.262 e. The Labute approximate surface area is 50.6 Å². The van der Waals surface area contributed by atoms with E-state index in [0.717, 1.165) is 0 Å². The maximum absolute atomic E-state index is 10.0. The highest BCUT2D eigenvalue weighted by Crippen LogP contribution is 1.77. The highest BCUT2D eigenvalue weighted by atomic mass is 35.5. The summed E-state index contributed by atoms with van der Waals surface area (Å²) in [6.07, 6.45) is -0.0509. The lowest BCUT2D eigenvalue weighted by Gasteiger charge is -1.79. The van der Waals surface area contributed by atoms with Gasteiger partial charge in [0, 0.05) is 0 Å². The van der Waals surface area contributed by atoms with Crippen LogP contribution < -0.4 is 0 Å². The summed E-state index contributed by atoms with van der Waals surface area (Å²) in [5.74, 6) is -2.35. The summed E-state index contributed by atoms with van der Waals surface area (Å²) in [4.78, 5) is 29.4. The van der Waals surface area contributed by atoms with E-state index in [1.165, 1.54) is 0 Å². The molecule has 0 amide bonds. The Balaban J connectivity index is 3.82. The van der Waals surface area contributed by atoms with Gasteiger partial charge in [0.15, 0.2) is 6.29 Å². The van der Waals surface area contributed by atoms with Crippen LogP contribution >= 0.6 is 11.6 Å². The lowest BCUT2D eigenvalue weighted by Crippen LogP contribution is -2.15. The van der Waals surface area contributed by atoms with Crippen molar-refractivity contribution in [2.24, 2.45) is 0 Å². The summed E-state index contributed by atoms with van der Waals surface area (Å²) in [7, 11) is 0. The quantitative estimate of drug-likeness (QED) is 0.228. The SMILES string of the molecule is O=CC(=O)C(=O)CCl. The second-order valence-corrected chi connectivity index (χ2v) is 1.31. The zero-order valence-corrected chi connectivity index (χ0v) is 4.64. The van der Waals surface area contributed by atoms with Crippen LogP contribution in [-0.2, 0) is 14.4 Å². The van der Waals surface area contributed by atoms with Gasteiger partial charge in [-0.15, -0.1) is 11.6 Å². The Hall–Kier alpha value is -0.700. The third kappa shape index (κ3) is 1.84. The first-order valence-corrected chi connectivity index (χ1v) is 2.34. The third-order valence-corrected chi connectivity index (χ3v) is 0.746. The molecule has 0 rings (SSSR count). The summed E-state index contributed by atoms with van der Waals surface area (Å²) < 4.78 is 0. The summed E-state index contributed by atoms with van der Waals surface area (Å²) in [6, 6.07) is 0. The molecule has 3 nitrogen and oxygen atoms in total. The zero-order chi connectivity index (χ0) is 6.57. The molecule has 0 bridgehead atoms. The molecule has 0 aromatic rings. The molecular formula is C4H3ClO3. The summed E-state index contributed by atoms with van der Waals surface area (Å²) in [6.45, 7) is 0. The van der Waals surface area contributed by atoms with Crippen molar-refractivity contribution >= 4 is 29.5 Å². The Morgan fingerprint density at radius 1 is 1.50 bits per heavy atom. The number of halogens is 1. The van der Waals surface area contributed by atoms with Gasteiger partial charge in [-0.3, -0.25) is 14.4 Å². The topological polar surface area (TPSA) is 51.2 Å². The van der Waals surface area contributed by atoms with E-state index >= 15 is 0 Å². The van der Waals surface area contributed by atoms with E-state index in [4.69, 9.17) is 11.6 Å². The van der Waals surface area contributed by atoms with E-state index in [1.807, 2.05) is 0 Å². The van der Waals surface area contributed by atoms with Crippen LogP contribution in [0.1, 0.15) is 0 Å². The predicted octanol–water partition coefficient (Wildman–Crippen LogP) is -0.438. The number of alkyl halides is 1. The molecule has 0 aliphatic carbocycles. The first-order valence-electron chi connectivity index (χ1n) is 1.80. The molecule has 0 spiro atoms. The molecule has 0 saturated carbocycles. The van der Waals surface area contributed by atoms with Crippen molar-refractivity contribution in [2.75, 3.05) is 5.88 Å². The van der Waals surface area contributed by atoms with E-state index in [2.05, 4.69) is 0 Å². The molecule has 0 N–H and O–H groups in total. The number of rotatable bonds is 3. The molecule has 0 unspecified atom stereocenters. The van der Waals surface area contributed by atoms with Crippen LogP contribution in [0.2, 0.25) is 0 Å². The number of aldehydes is 1. The molecule has 44 valence electrons. The van der Waals surface area contributed by atoms with Crippen LogP contribution in [0.3, 0.4) is 0 Å². The number of carbonyl (C=O) groups is 3. The highest BCUT2D eigenvalue weighted by Gasteiger charge is 2.08. The number of ketones is 2. The van der Waals surface area contributed by atoms with Gasteiger partial charge in [-0.25, -0.2) is 0 Å². The smallest absolute Gasteiger partial charge is 0.262 e. The standard InChI is InChI=1S/C4H3ClO3/c5-1-3(7)4(8)2-6/h2H,1H2. The largest absolute Gasteiger partial charge is 0.294 e. The van der Waals surface area contributed by atoms with Gasteiger partial charge >= 0.3 is 0 Å². The molecular weight excluding hydrogens is 131 g/mol. The fourth-order valence-corrected chi connectivity index (χ4v) is 0.263. The first kappa shape index (κ1) is 7.30. The van der Waals surface area contributed by atoms with Gasteiger partial charge in [-0.05, 0) is 0 Å². The molecule has 8 heavy (non-hydrogen) atoms. The Kier molecular flexibility index (Phi) is 3.03. The number of hydrogen-bond donors (Lipinski definition) is 0. The molecule has 0 atom stereocenters. The lowest BCUT2D eigenvalue weighted by atomic mass is 10.3. The number of carbonyl (C=O) groups excluding carboxylic acids is 3. The fraction of sp³-hybridized carbons (Fsp3) is 0.250. The minimum absolute atomic E-state index is 0.0509. The molecule has 0 aromatic carbocycles. The second kappa shape index (κ2) is 3.32. The van der Waals surface area contributed by atoms with Crippen LogP contribution in [0, 0.1) is 0 Å². The molecule has 4 heteroatoms. The molecule has 0 heterocycles. The Morgan fingerprint density at radius 3 is 2.12 bits per heavy atom. The fourth-order valence-electron chi connectivity index (χ4n) is 0.132. The van der Waals surface area contributed by atoms with Crippen LogP contribution in [0.5, 0.6) is 0 Å². The first-order chi connectivity index (χ1) is 3.72. The predicted molar refractivity (Wildman–Crippen MR) is 26.8 cm³/mol. The second-order valence-electron chi connectivity index (χ2n) is 1.04. The van der Waals surface area contributed by atoms with Crippen molar-refractivity contribution in [3.8, 4) is 0 Å². The highest BCUT2D eigenvalue weighted by molar-refractivity contribution is 6.62. The number of Topliss-reactive ketones (excluding diaryl/α,β-unsaturated/α-hetero) is 2. The van der Waals surface area contributed by atoms with Crippen molar-refractivity contribution in [3.05, 3.63) is 0 Å². The van der Waals surface area contributed by atoms with Crippen molar-refractivity contribution in [1.29, 1.82) is 0 Å². The molecule has 0 fully saturated rings. The Morgan fingerprint density at radius 2 is 2.00 bits per heavy atom. The lowest BCUT2D eigenvalue weighted by molar-refractivity contribution is -0.138. The van der Waals surface area contributed by atoms with Crippen molar-refractivity contribution in [1.82, 2.24) is 0 Å². The van der Waals surface area contributed by atoms with E-state index in [0.29, 0.717) is 0 Å². The van der Waals surface area contributed by atoms with Crippen LogP contribution in [0.4, 0.5) is 0 Å². The summed E-state index contributed by atoms with van der Waals surface area (Å²) in [5.41, 5.74) is 0. The average Bonchev–Trinajstić information content (AvgIpc) is 1.84. The molecule has 0 aliphatic rings.